The minimum atomic E-state index is -1.09. The van der Waals surface area contributed by atoms with Gasteiger partial charge >= 0.3 is 0 Å². The Kier molecular flexibility index (Phi) is 5.34. The molecule has 114 valence electrons. The van der Waals surface area contributed by atoms with Crippen molar-refractivity contribution in [3.63, 3.8) is 0 Å². The Morgan fingerprint density at radius 3 is 2.64 bits per heavy atom. The predicted octanol–water partition coefficient (Wildman–Crippen LogP) is 3.21. The first kappa shape index (κ1) is 15.8. The zero-order chi connectivity index (χ0) is 15.9. The molecule has 0 aromatic heterocycles. The van der Waals surface area contributed by atoms with E-state index in [0.29, 0.717) is 23.7 Å². The fourth-order valence-corrected chi connectivity index (χ4v) is 1.97. The van der Waals surface area contributed by atoms with Gasteiger partial charge in [-0.15, -0.1) is 0 Å². The number of hydrogen-bond acceptors (Lipinski definition) is 4. The molecule has 0 aliphatic rings. The van der Waals surface area contributed by atoms with Crippen molar-refractivity contribution in [2.75, 3.05) is 13.2 Å². The Hall–Kier alpha value is -2.58. The van der Waals surface area contributed by atoms with Crippen molar-refractivity contribution < 1.29 is 19.0 Å². The predicted molar refractivity (Wildman–Crippen MR) is 79.2 cm³/mol. The molecule has 0 saturated carbocycles. The van der Waals surface area contributed by atoms with Gasteiger partial charge < -0.3 is 14.6 Å². The Morgan fingerprint density at radius 2 is 1.95 bits per heavy atom. The molecule has 0 fully saturated rings. The fraction of sp³-hybridized carbons (Fsp3) is 0.235. The standard InChI is InChI=1S/C17H16FNO3/c1-2-21-17-9-12(10-19)7-8-16(17)22-11-15(20)13-5-3-4-6-14(13)18/h3-9,15,20H,2,11H2,1H3. The largest absolute Gasteiger partial charge is 0.490 e. The average molecular weight is 301 g/mol. The van der Waals surface area contributed by atoms with Gasteiger partial charge in [0.15, 0.2) is 11.5 Å². The van der Waals surface area contributed by atoms with Crippen molar-refractivity contribution in [2.24, 2.45) is 0 Å². The topological polar surface area (TPSA) is 62.5 Å². The fourth-order valence-electron chi connectivity index (χ4n) is 1.97. The maximum Gasteiger partial charge on any atom is 0.162 e. The summed E-state index contributed by atoms with van der Waals surface area (Å²) >= 11 is 0. The Labute approximate surface area is 128 Å². The van der Waals surface area contributed by atoms with Crippen molar-refractivity contribution in [2.45, 2.75) is 13.0 Å². The number of aliphatic hydroxyl groups is 1. The lowest BCUT2D eigenvalue weighted by atomic mass is 10.1. The van der Waals surface area contributed by atoms with E-state index < -0.39 is 11.9 Å². The summed E-state index contributed by atoms with van der Waals surface area (Å²) in [4.78, 5) is 0. The highest BCUT2D eigenvalue weighted by atomic mass is 19.1. The first-order valence-corrected chi connectivity index (χ1v) is 6.88. The molecule has 1 atom stereocenters. The molecule has 4 nitrogen and oxygen atoms in total. The van der Waals surface area contributed by atoms with Crippen molar-refractivity contribution in [3.8, 4) is 17.6 Å². The van der Waals surface area contributed by atoms with Crippen molar-refractivity contribution in [1.29, 1.82) is 5.26 Å². The van der Waals surface area contributed by atoms with Crippen LogP contribution in [0.2, 0.25) is 0 Å². The second-order valence-electron chi connectivity index (χ2n) is 4.55. The van der Waals surface area contributed by atoms with Crippen LogP contribution in [0, 0.1) is 17.1 Å². The van der Waals surface area contributed by atoms with E-state index in [0.717, 1.165) is 0 Å². The van der Waals surface area contributed by atoms with Crippen LogP contribution >= 0.6 is 0 Å². The van der Waals surface area contributed by atoms with Crippen LogP contribution in [0.15, 0.2) is 42.5 Å². The van der Waals surface area contributed by atoms with Gasteiger partial charge in [-0.2, -0.15) is 5.26 Å². The van der Waals surface area contributed by atoms with Crippen LogP contribution in [-0.2, 0) is 0 Å². The van der Waals surface area contributed by atoms with Crippen LogP contribution in [0.1, 0.15) is 24.2 Å². The van der Waals surface area contributed by atoms with Crippen molar-refractivity contribution >= 4 is 0 Å². The normalized spacial score (nSPS) is 11.5. The van der Waals surface area contributed by atoms with Gasteiger partial charge in [0.2, 0.25) is 0 Å². The number of halogens is 1. The second-order valence-corrected chi connectivity index (χ2v) is 4.55. The summed E-state index contributed by atoms with van der Waals surface area (Å²) in [5, 5.41) is 18.9. The van der Waals surface area contributed by atoms with Crippen LogP contribution in [0.25, 0.3) is 0 Å². The van der Waals surface area contributed by atoms with Gasteiger partial charge in [-0.3, -0.25) is 0 Å². The van der Waals surface area contributed by atoms with E-state index in [9.17, 15) is 9.50 Å². The van der Waals surface area contributed by atoms with Gasteiger partial charge in [0, 0.05) is 11.6 Å². The molecule has 0 aliphatic heterocycles. The van der Waals surface area contributed by atoms with Crippen LogP contribution < -0.4 is 9.47 Å². The number of nitrogens with zero attached hydrogens (tertiary/aromatic N) is 1. The molecule has 22 heavy (non-hydrogen) atoms. The SMILES string of the molecule is CCOc1cc(C#N)ccc1OCC(O)c1ccccc1F. The molecule has 1 unspecified atom stereocenters. The van der Waals surface area contributed by atoms with Gasteiger partial charge in [0.25, 0.3) is 0 Å². The number of rotatable bonds is 6. The minimum absolute atomic E-state index is 0.118. The van der Waals surface area contributed by atoms with Gasteiger partial charge in [0.05, 0.1) is 18.2 Å². The van der Waals surface area contributed by atoms with Crippen molar-refractivity contribution in [1.82, 2.24) is 0 Å². The molecule has 5 heteroatoms. The lowest BCUT2D eigenvalue weighted by Crippen LogP contribution is -2.12. The third-order valence-corrected chi connectivity index (χ3v) is 3.03. The summed E-state index contributed by atoms with van der Waals surface area (Å²) in [6, 6.07) is 12.8. The van der Waals surface area contributed by atoms with Gasteiger partial charge in [-0.25, -0.2) is 4.39 Å². The Bertz CT molecular complexity index is 682. The van der Waals surface area contributed by atoms with Gasteiger partial charge in [-0.05, 0) is 25.1 Å². The highest BCUT2D eigenvalue weighted by molar-refractivity contribution is 5.46. The first-order valence-electron chi connectivity index (χ1n) is 6.88. The zero-order valence-electron chi connectivity index (χ0n) is 12.1. The maximum absolute atomic E-state index is 13.6. The zero-order valence-corrected chi connectivity index (χ0v) is 12.1. The second kappa shape index (κ2) is 7.43. The number of benzene rings is 2. The first-order chi connectivity index (χ1) is 10.7. The summed E-state index contributed by atoms with van der Waals surface area (Å²) in [5.74, 6) is 0.335. The molecule has 1 N–H and O–H groups in total. The summed E-state index contributed by atoms with van der Waals surface area (Å²) in [6.45, 7) is 2.12. The van der Waals surface area contributed by atoms with Gasteiger partial charge in [0.1, 0.15) is 18.5 Å². The van der Waals surface area contributed by atoms with E-state index in [1.54, 1.807) is 30.3 Å². The van der Waals surface area contributed by atoms with E-state index in [1.165, 1.54) is 12.1 Å². The monoisotopic (exact) mass is 301 g/mol. The molecule has 2 aromatic carbocycles. The summed E-state index contributed by atoms with van der Waals surface area (Å²) in [6.07, 6.45) is -1.09. The summed E-state index contributed by atoms with van der Waals surface area (Å²) in [7, 11) is 0. The third-order valence-electron chi connectivity index (χ3n) is 3.03. The third kappa shape index (κ3) is 3.74. The summed E-state index contributed by atoms with van der Waals surface area (Å²) in [5.41, 5.74) is 0.625. The number of hydrogen-bond donors (Lipinski definition) is 1. The Balaban J connectivity index is 2.11. The molecule has 0 heterocycles. The number of aliphatic hydroxyl groups excluding tert-OH is 1. The highest BCUT2D eigenvalue weighted by Gasteiger charge is 2.14. The van der Waals surface area contributed by atoms with Crippen LogP contribution in [0.5, 0.6) is 11.5 Å². The maximum atomic E-state index is 13.6. The number of nitriles is 1. The number of ether oxygens (including phenoxy) is 2. The van der Waals surface area contributed by atoms with Crippen LogP contribution in [-0.4, -0.2) is 18.3 Å². The molecule has 2 aromatic rings. The molecule has 0 bridgehead atoms. The quantitative estimate of drug-likeness (QED) is 0.890. The van der Waals surface area contributed by atoms with Crippen LogP contribution in [0.3, 0.4) is 0 Å². The van der Waals surface area contributed by atoms with E-state index in [-0.39, 0.29) is 12.2 Å². The van der Waals surface area contributed by atoms with Gasteiger partial charge in [-0.1, -0.05) is 18.2 Å². The average Bonchev–Trinajstić information content (AvgIpc) is 2.54. The lowest BCUT2D eigenvalue weighted by molar-refractivity contribution is 0.103. The van der Waals surface area contributed by atoms with E-state index in [2.05, 4.69) is 0 Å². The molecule has 2 rings (SSSR count). The summed E-state index contributed by atoms with van der Waals surface area (Å²) < 4.78 is 24.5. The molecule has 0 saturated heterocycles. The minimum Gasteiger partial charge on any atom is -0.490 e. The smallest absolute Gasteiger partial charge is 0.162 e. The molecular weight excluding hydrogens is 285 g/mol. The van der Waals surface area contributed by atoms with E-state index >= 15 is 0 Å². The molecule has 0 spiro atoms. The molecule has 0 aliphatic carbocycles. The molecule has 0 radical (unpaired) electrons. The Morgan fingerprint density at radius 1 is 1.18 bits per heavy atom. The lowest BCUT2D eigenvalue weighted by Gasteiger charge is -2.16. The van der Waals surface area contributed by atoms with Crippen LogP contribution in [0.4, 0.5) is 4.39 Å². The van der Waals surface area contributed by atoms with E-state index in [4.69, 9.17) is 14.7 Å². The molecule has 0 amide bonds. The molecular formula is C17H16FNO3. The van der Waals surface area contributed by atoms with E-state index in [1.807, 2.05) is 13.0 Å². The highest BCUT2D eigenvalue weighted by Crippen LogP contribution is 2.29. The van der Waals surface area contributed by atoms with Crippen molar-refractivity contribution in [3.05, 3.63) is 59.4 Å².